The Morgan fingerprint density at radius 3 is 2.69 bits per heavy atom. The van der Waals surface area contributed by atoms with Gasteiger partial charge in [-0.1, -0.05) is 18.2 Å². The predicted octanol–water partition coefficient (Wildman–Crippen LogP) is 4.81. The summed E-state index contributed by atoms with van der Waals surface area (Å²) in [5.41, 5.74) is 0.997. The Morgan fingerprint density at radius 1 is 1.25 bits per heavy atom. The second-order valence-electron chi connectivity index (χ2n) is 11.2. The summed E-state index contributed by atoms with van der Waals surface area (Å²) in [5.74, 6) is 1.12. The van der Waals surface area contributed by atoms with Crippen LogP contribution in [-0.4, -0.2) is 30.4 Å². The van der Waals surface area contributed by atoms with E-state index in [0.29, 0.717) is 36.2 Å². The van der Waals surface area contributed by atoms with Crippen LogP contribution >= 0.6 is 0 Å². The van der Waals surface area contributed by atoms with Gasteiger partial charge in [0.05, 0.1) is 17.0 Å². The molecule has 7 rings (SSSR count). The SMILES string of the molecule is Cc1cc(NC(=O)CC23C[C@H]4C[C@H](C2)CC(n2cc([N+](=O)[O-])cn2)(C4)C3)nn1Cc1ccccc1F. The van der Waals surface area contributed by atoms with Crippen LogP contribution in [0, 0.1) is 40.1 Å². The molecule has 1 N–H and O–H groups in total. The Balaban J connectivity index is 1.18. The fourth-order valence-electron chi connectivity index (χ4n) is 7.59. The molecule has 0 radical (unpaired) electrons. The first-order valence-electron chi connectivity index (χ1n) is 12.5. The van der Waals surface area contributed by atoms with Gasteiger partial charge in [-0.25, -0.2) is 4.39 Å². The number of carbonyl (C=O) groups excluding carboxylic acids is 1. The van der Waals surface area contributed by atoms with Crippen molar-refractivity contribution in [3.63, 3.8) is 0 Å². The molecule has 1 amide bonds. The number of aromatic nitrogens is 4. The normalized spacial score (nSPS) is 28.4. The van der Waals surface area contributed by atoms with E-state index in [2.05, 4.69) is 15.5 Å². The molecule has 9 nitrogen and oxygen atoms in total. The maximum Gasteiger partial charge on any atom is 0.307 e. The molecule has 4 aliphatic carbocycles. The van der Waals surface area contributed by atoms with E-state index in [9.17, 15) is 19.3 Å². The molecule has 3 aromatic rings. The molecule has 0 aliphatic heterocycles. The first-order chi connectivity index (χ1) is 17.2. The van der Waals surface area contributed by atoms with Gasteiger partial charge in [-0.3, -0.25) is 24.3 Å². The number of rotatable bonds is 7. The lowest BCUT2D eigenvalue weighted by Crippen LogP contribution is -2.57. The summed E-state index contributed by atoms with van der Waals surface area (Å²) >= 11 is 0. The number of benzene rings is 1. The molecule has 2 heterocycles. The van der Waals surface area contributed by atoms with Gasteiger partial charge in [-0.15, -0.1) is 0 Å². The van der Waals surface area contributed by atoms with Gasteiger partial charge in [0.2, 0.25) is 5.91 Å². The minimum atomic E-state index is -0.402. The summed E-state index contributed by atoms with van der Waals surface area (Å²) in [7, 11) is 0. The van der Waals surface area contributed by atoms with Gasteiger partial charge in [0, 0.05) is 23.7 Å². The Morgan fingerprint density at radius 2 is 2.00 bits per heavy atom. The average Bonchev–Trinajstić information content (AvgIpc) is 3.42. The fourth-order valence-corrected chi connectivity index (χ4v) is 7.59. The molecule has 4 fully saturated rings. The third-order valence-electron chi connectivity index (χ3n) is 8.48. The molecular weight excluding hydrogens is 463 g/mol. The molecule has 36 heavy (non-hydrogen) atoms. The van der Waals surface area contributed by atoms with E-state index in [4.69, 9.17) is 0 Å². The highest BCUT2D eigenvalue weighted by Crippen LogP contribution is 2.65. The molecule has 1 aromatic carbocycles. The summed E-state index contributed by atoms with van der Waals surface area (Å²) < 4.78 is 17.6. The summed E-state index contributed by atoms with van der Waals surface area (Å²) in [6, 6.07) is 8.41. The van der Waals surface area contributed by atoms with Crippen LogP contribution in [0.2, 0.25) is 0 Å². The Hall–Kier alpha value is -3.56. The average molecular weight is 493 g/mol. The van der Waals surface area contributed by atoms with Crippen LogP contribution in [0.15, 0.2) is 42.7 Å². The van der Waals surface area contributed by atoms with Crippen molar-refractivity contribution in [1.82, 2.24) is 19.6 Å². The number of amides is 1. The van der Waals surface area contributed by atoms with Crippen LogP contribution in [0.25, 0.3) is 0 Å². The Kier molecular flexibility index (Phi) is 5.24. The summed E-state index contributed by atoms with van der Waals surface area (Å²) in [4.78, 5) is 24.1. The largest absolute Gasteiger partial charge is 0.309 e. The number of hydrogen-bond donors (Lipinski definition) is 1. The molecule has 10 heteroatoms. The first kappa shape index (κ1) is 22.9. The van der Waals surface area contributed by atoms with Crippen LogP contribution in [0.4, 0.5) is 15.9 Å². The summed E-state index contributed by atoms with van der Waals surface area (Å²) in [6.07, 6.45) is 9.19. The van der Waals surface area contributed by atoms with Gasteiger partial charge in [-0.2, -0.15) is 10.2 Å². The van der Waals surface area contributed by atoms with Crippen molar-refractivity contribution in [3.8, 4) is 0 Å². The third kappa shape index (κ3) is 3.98. The number of nitro groups is 1. The lowest BCUT2D eigenvalue weighted by Gasteiger charge is -2.61. The van der Waals surface area contributed by atoms with Crippen molar-refractivity contribution in [1.29, 1.82) is 0 Å². The molecule has 188 valence electrons. The van der Waals surface area contributed by atoms with E-state index in [1.54, 1.807) is 29.1 Å². The molecule has 0 spiro atoms. The lowest BCUT2D eigenvalue weighted by molar-refractivity contribution is -0.385. The standard InChI is InChI=1S/C26H29FN6O3/c1-17-6-23(30-31(17)14-20-4-2-3-5-22(20)27)29-24(34)12-25-8-18-7-19(9-25)11-26(10-18,16-25)32-15-21(13-28-32)33(35)36/h2-6,13,15,18-19H,7-12,14,16H2,1H3,(H,29,30,34)/t18-,19-,25?,26?/m1/s1. The van der Waals surface area contributed by atoms with Crippen molar-refractivity contribution in [2.45, 2.75) is 64.0 Å². The molecule has 0 unspecified atom stereocenters. The van der Waals surface area contributed by atoms with Gasteiger partial charge in [0.15, 0.2) is 5.82 Å². The molecule has 4 bridgehead atoms. The molecule has 4 aliphatic rings. The molecule has 4 saturated carbocycles. The number of aryl methyl sites for hydroxylation is 1. The van der Waals surface area contributed by atoms with E-state index in [0.717, 1.165) is 44.2 Å². The van der Waals surface area contributed by atoms with E-state index in [-0.39, 0.29) is 28.4 Å². The van der Waals surface area contributed by atoms with Gasteiger partial charge in [-0.05, 0) is 68.8 Å². The zero-order valence-electron chi connectivity index (χ0n) is 20.2. The van der Waals surface area contributed by atoms with Crippen molar-refractivity contribution in [3.05, 3.63) is 69.9 Å². The molecule has 2 atom stereocenters. The smallest absolute Gasteiger partial charge is 0.307 e. The van der Waals surface area contributed by atoms with Crippen molar-refractivity contribution < 1.29 is 14.1 Å². The second-order valence-corrected chi connectivity index (χ2v) is 11.2. The Bertz CT molecular complexity index is 1330. The minimum Gasteiger partial charge on any atom is -0.309 e. The number of nitrogens with one attached hydrogen (secondary N) is 1. The fraction of sp³-hybridized carbons (Fsp3) is 0.500. The number of hydrogen-bond acceptors (Lipinski definition) is 5. The van der Waals surface area contributed by atoms with Crippen molar-refractivity contribution >= 4 is 17.4 Å². The zero-order valence-corrected chi connectivity index (χ0v) is 20.2. The maximum absolute atomic E-state index is 14.1. The maximum atomic E-state index is 14.1. The highest BCUT2D eigenvalue weighted by atomic mass is 19.1. The number of anilines is 1. The molecule has 2 aromatic heterocycles. The van der Waals surface area contributed by atoms with E-state index < -0.39 is 4.92 Å². The Labute approximate surface area is 207 Å². The lowest BCUT2D eigenvalue weighted by atomic mass is 9.46. The van der Waals surface area contributed by atoms with Crippen molar-refractivity contribution in [2.24, 2.45) is 17.3 Å². The van der Waals surface area contributed by atoms with E-state index in [1.165, 1.54) is 12.3 Å². The van der Waals surface area contributed by atoms with Gasteiger partial charge >= 0.3 is 5.69 Å². The number of carbonyl (C=O) groups is 1. The van der Waals surface area contributed by atoms with E-state index >= 15 is 0 Å². The van der Waals surface area contributed by atoms with Crippen LogP contribution in [-0.2, 0) is 16.9 Å². The number of nitrogens with zero attached hydrogens (tertiary/aromatic N) is 5. The molecular formula is C26H29FN6O3. The van der Waals surface area contributed by atoms with E-state index in [1.807, 2.05) is 17.7 Å². The van der Waals surface area contributed by atoms with Gasteiger partial charge in [0.1, 0.15) is 18.2 Å². The van der Waals surface area contributed by atoms with Crippen LogP contribution in [0.1, 0.15) is 56.2 Å². The molecule has 0 saturated heterocycles. The highest BCUT2D eigenvalue weighted by Gasteiger charge is 2.59. The number of halogens is 1. The minimum absolute atomic E-state index is 0.0129. The van der Waals surface area contributed by atoms with Gasteiger partial charge in [0.25, 0.3) is 0 Å². The zero-order chi connectivity index (χ0) is 25.1. The van der Waals surface area contributed by atoms with Crippen LogP contribution < -0.4 is 5.32 Å². The van der Waals surface area contributed by atoms with Gasteiger partial charge < -0.3 is 5.32 Å². The second kappa shape index (κ2) is 8.25. The monoisotopic (exact) mass is 492 g/mol. The van der Waals surface area contributed by atoms with Crippen LogP contribution in [0.3, 0.4) is 0 Å². The van der Waals surface area contributed by atoms with Crippen molar-refractivity contribution in [2.75, 3.05) is 5.32 Å². The summed E-state index contributed by atoms with van der Waals surface area (Å²) in [6.45, 7) is 2.18. The quantitative estimate of drug-likeness (QED) is 0.376. The predicted molar refractivity (Wildman–Crippen MR) is 130 cm³/mol. The summed E-state index contributed by atoms with van der Waals surface area (Å²) in [5, 5.41) is 23.1. The topological polar surface area (TPSA) is 108 Å². The highest BCUT2D eigenvalue weighted by molar-refractivity contribution is 5.90. The first-order valence-corrected chi connectivity index (χ1v) is 12.5. The van der Waals surface area contributed by atoms with Crippen LogP contribution in [0.5, 0.6) is 0 Å². The third-order valence-corrected chi connectivity index (χ3v) is 8.48.